The van der Waals surface area contributed by atoms with Crippen LogP contribution in [0.15, 0.2) is 18.2 Å². The van der Waals surface area contributed by atoms with E-state index in [9.17, 15) is 0 Å². The molecular weight excluding hydrogens is 240 g/mol. The van der Waals surface area contributed by atoms with Crippen molar-refractivity contribution in [1.29, 1.82) is 0 Å². The Labute approximate surface area is 101 Å². The molecule has 0 spiro atoms. The van der Waals surface area contributed by atoms with Gasteiger partial charge in [-0.05, 0) is 18.6 Å². The lowest BCUT2D eigenvalue weighted by atomic mass is 10.0. The van der Waals surface area contributed by atoms with Gasteiger partial charge in [0.2, 0.25) is 0 Å². The molecule has 0 aliphatic heterocycles. The van der Waals surface area contributed by atoms with Gasteiger partial charge in [-0.3, -0.25) is 0 Å². The third-order valence-corrected chi connectivity index (χ3v) is 2.63. The highest BCUT2D eigenvalue weighted by Gasteiger charge is 2.12. The summed E-state index contributed by atoms with van der Waals surface area (Å²) in [7, 11) is 0. The highest BCUT2D eigenvalue weighted by Crippen LogP contribution is 2.30. The Hall–Kier alpha value is 0.0500. The minimum atomic E-state index is -0.0498. The molecule has 1 aromatic rings. The molecule has 80 valence electrons. The van der Waals surface area contributed by atoms with Gasteiger partial charge in [0.1, 0.15) is 0 Å². The molecule has 0 unspecified atom stereocenters. The fourth-order valence-electron chi connectivity index (χ4n) is 1.32. The Morgan fingerprint density at radius 3 is 2.21 bits per heavy atom. The summed E-state index contributed by atoms with van der Waals surface area (Å²) in [6.07, 6.45) is 1.94. The van der Waals surface area contributed by atoms with Crippen molar-refractivity contribution in [2.45, 2.75) is 25.8 Å². The molecule has 0 radical (unpaired) electrons. The highest BCUT2D eigenvalue weighted by molar-refractivity contribution is 6.36. The molecule has 1 aromatic carbocycles. The van der Waals surface area contributed by atoms with Crippen molar-refractivity contribution in [2.24, 2.45) is 5.73 Å². The Balaban J connectivity index is 0.00000169. The summed E-state index contributed by atoms with van der Waals surface area (Å²) in [4.78, 5) is 0. The number of hydrogen-bond donors (Lipinski definition) is 1. The predicted octanol–water partition coefficient (Wildman–Crippen LogP) is 4.22. The van der Waals surface area contributed by atoms with E-state index in [0.717, 1.165) is 18.4 Å². The third-order valence-electron chi connectivity index (χ3n) is 1.97. The largest absolute Gasteiger partial charge is 0.324 e. The Kier molecular flexibility index (Phi) is 6.54. The third kappa shape index (κ3) is 3.32. The molecule has 0 aliphatic carbocycles. The number of rotatable bonds is 3. The van der Waals surface area contributed by atoms with E-state index < -0.39 is 0 Å². The summed E-state index contributed by atoms with van der Waals surface area (Å²) in [5.74, 6) is 0. The lowest BCUT2D eigenvalue weighted by Gasteiger charge is -2.13. The normalized spacial score (nSPS) is 12.0. The number of hydrogen-bond acceptors (Lipinski definition) is 1. The molecule has 4 heteroatoms. The monoisotopic (exact) mass is 253 g/mol. The first-order valence-electron chi connectivity index (χ1n) is 4.36. The Bertz CT molecular complexity index is 268. The van der Waals surface area contributed by atoms with E-state index in [1.807, 2.05) is 18.2 Å². The van der Waals surface area contributed by atoms with Gasteiger partial charge < -0.3 is 5.73 Å². The fourth-order valence-corrected chi connectivity index (χ4v) is 2.00. The first-order valence-corrected chi connectivity index (χ1v) is 5.12. The molecule has 1 atom stereocenters. The second kappa shape index (κ2) is 6.52. The van der Waals surface area contributed by atoms with Gasteiger partial charge in [-0.25, -0.2) is 0 Å². The molecule has 0 saturated carbocycles. The minimum absolute atomic E-state index is 0. The van der Waals surface area contributed by atoms with E-state index in [0.29, 0.717) is 10.0 Å². The maximum Gasteiger partial charge on any atom is 0.0468 e. The topological polar surface area (TPSA) is 26.0 Å². The summed E-state index contributed by atoms with van der Waals surface area (Å²) in [5, 5.41) is 1.32. The van der Waals surface area contributed by atoms with E-state index in [2.05, 4.69) is 6.92 Å². The highest BCUT2D eigenvalue weighted by atomic mass is 35.5. The average Bonchev–Trinajstić information content (AvgIpc) is 2.04. The molecule has 0 amide bonds. The molecule has 0 saturated heterocycles. The molecule has 1 nitrogen and oxygen atoms in total. The molecular formula is C10H14Cl3N. The van der Waals surface area contributed by atoms with Crippen LogP contribution in [0.3, 0.4) is 0 Å². The van der Waals surface area contributed by atoms with Gasteiger partial charge in [-0.1, -0.05) is 42.6 Å². The first-order chi connectivity index (χ1) is 6.16. The van der Waals surface area contributed by atoms with Gasteiger partial charge in [0.25, 0.3) is 0 Å². The van der Waals surface area contributed by atoms with Crippen LogP contribution < -0.4 is 5.73 Å². The second-order valence-electron chi connectivity index (χ2n) is 3.03. The van der Waals surface area contributed by atoms with Gasteiger partial charge in [-0.2, -0.15) is 0 Å². The molecule has 0 heterocycles. The summed E-state index contributed by atoms with van der Waals surface area (Å²) in [5.41, 5.74) is 6.81. The van der Waals surface area contributed by atoms with E-state index >= 15 is 0 Å². The molecule has 0 aliphatic rings. The van der Waals surface area contributed by atoms with Crippen LogP contribution in [0.25, 0.3) is 0 Å². The Morgan fingerprint density at radius 2 is 1.79 bits per heavy atom. The lowest BCUT2D eigenvalue weighted by molar-refractivity contribution is 0.639. The molecule has 2 N–H and O–H groups in total. The Morgan fingerprint density at radius 1 is 1.29 bits per heavy atom. The molecule has 14 heavy (non-hydrogen) atoms. The zero-order valence-corrected chi connectivity index (χ0v) is 10.3. The van der Waals surface area contributed by atoms with Crippen molar-refractivity contribution in [3.8, 4) is 0 Å². The standard InChI is InChI=1S/C10H13Cl2N.ClH/c1-2-4-9(13)10-7(11)5-3-6-8(10)12;/h3,5-6,9H,2,4,13H2,1H3;1H/t9-;/m1./s1. The summed E-state index contributed by atoms with van der Waals surface area (Å²) in [6, 6.07) is 5.41. The van der Waals surface area contributed by atoms with Crippen molar-refractivity contribution >= 4 is 35.6 Å². The van der Waals surface area contributed by atoms with Crippen LogP contribution >= 0.6 is 35.6 Å². The lowest BCUT2D eigenvalue weighted by Crippen LogP contribution is -2.10. The SMILES string of the molecule is CCC[C@@H](N)c1c(Cl)cccc1Cl.Cl. The van der Waals surface area contributed by atoms with Crippen LogP contribution in [0.2, 0.25) is 10.0 Å². The number of benzene rings is 1. The maximum atomic E-state index is 6.00. The first kappa shape index (κ1) is 14.1. The van der Waals surface area contributed by atoms with Gasteiger partial charge in [0.15, 0.2) is 0 Å². The minimum Gasteiger partial charge on any atom is -0.324 e. The average molecular weight is 255 g/mol. The molecule has 0 aromatic heterocycles. The van der Waals surface area contributed by atoms with Crippen LogP contribution in [-0.4, -0.2) is 0 Å². The predicted molar refractivity (Wildman–Crippen MR) is 65.5 cm³/mol. The van der Waals surface area contributed by atoms with Crippen LogP contribution in [0.4, 0.5) is 0 Å². The van der Waals surface area contributed by atoms with Crippen molar-refractivity contribution in [2.75, 3.05) is 0 Å². The number of halogens is 3. The van der Waals surface area contributed by atoms with E-state index in [1.165, 1.54) is 0 Å². The zero-order valence-electron chi connectivity index (χ0n) is 7.97. The number of nitrogens with two attached hydrogens (primary N) is 1. The maximum absolute atomic E-state index is 6.00. The van der Waals surface area contributed by atoms with E-state index in [4.69, 9.17) is 28.9 Å². The van der Waals surface area contributed by atoms with E-state index in [-0.39, 0.29) is 18.4 Å². The summed E-state index contributed by atoms with van der Waals surface area (Å²) < 4.78 is 0. The van der Waals surface area contributed by atoms with Crippen molar-refractivity contribution in [3.63, 3.8) is 0 Å². The van der Waals surface area contributed by atoms with E-state index in [1.54, 1.807) is 0 Å². The van der Waals surface area contributed by atoms with Gasteiger partial charge >= 0.3 is 0 Å². The summed E-state index contributed by atoms with van der Waals surface area (Å²) >= 11 is 12.0. The van der Waals surface area contributed by atoms with Gasteiger partial charge in [-0.15, -0.1) is 12.4 Å². The van der Waals surface area contributed by atoms with Crippen molar-refractivity contribution < 1.29 is 0 Å². The van der Waals surface area contributed by atoms with Crippen LogP contribution in [-0.2, 0) is 0 Å². The molecule has 1 rings (SSSR count). The van der Waals surface area contributed by atoms with Crippen LogP contribution in [0.1, 0.15) is 31.4 Å². The zero-order chi connectivity index (χ0) is 9.84. The van der Waals surface area contributed by atoms with Crippen LogP contribution in [0.5, 0.6) is 0 Å². The van der Waals surface area contributed by atoms with Gasteiger partial charge in [0, 0.05) is 21.7 Å². The van der Waals surface area contributed by atoms with Crippen molar-refractivity contribution in [3.05, 3.63) is 33.8 Å². The molecule has 0 fully saturated rings. The van der Waals surface area contributed by atoms with Gasteiger partial charge in [0.05, 0.1) is 0 Å². The van der Waals surface area contributed by atoms with Crippen LogP contribution in [0, 0.1) is 0 Å². The molecule has 0 bridgehead atoms. The van der Waals surface area contributed by atoms with Crippen molar-refractivity contribution in [1.82, 2.24) is 0 Å². The second-order valence-corrected chi connectivity index (χ2v) is 3.84. The quantitative estimate of drug-likeness (QED) is 0.859. The summed E-state index contributed by atoms with van der Waals surface area (Å²) in [6.45, 7) is 2.09. The fraction of sp³-hybridized carbons (Fsp3) is 0.400. The smallest absolute Gasteiger partial charge is 0.0468 e.